The fourth-order valence-corrected chi connectivity index (χ4v) is 5.09. The third-order valence-corrected chi connectivity index (χ3v) is 7.07. The minimum atomic E-state index is -4.22. The van der Waals surface area contributed by atoms with Crippen molar-refractivity contribution >= 4 is 25.1 Å². The van der Waals surface area contributed by atoms with Crippen LogP contribution in [0.1, 0.15) is 12.6 Å². The van der Waals surface area contributed by atoms with Crippen LogP contribution in [0.3, 0.4) is 0 Å². The fourth-order valence-electron chi connectivity index (χ4n) is 3.82. The number of benzene rings is 1. The first-order valence-electron chi connectivity index (χ1n) is 11.2. The maximum absolute atomic E-state index is 13.4. The van der Waals surface area contributed by atoms with Crippen molar-refractivity contribution in [1.82, 2.24) is 19.7 Å². The summed E-state index contributed by atoms with van der Waals surface area (Å²) in [5, 5.41) is 38.1. The van der Waals surface area contributed by atoms with Gasteiger partial charge in [-0.05, 0) is 31.2 Å². The number of nitriles is 1. The molecule has 3 heterocycles. The molecule has 15 heteroatoms. The summed E-state index contributed by atoms with van der Waals surface area (Å²) in [5.74, 6) is -0.382. The molecule has 0 radical (unpaired) electrons. The minimum absolute atomic E-state index is 0.0947. The number of anilines is 1. The maximum Gasteiger partial charge on any atom is 0.459 e. The zero-order valence-corrected chi connectivity index (χ0v) is 20.5. The molecule has 5 atom stereocenters. The van der Waals surface area contributed by atoms with Crippen molar-refractivity contribution < 1.29 is 38.1 Å². The van der Waals surface area contributed by atoms with E-state index in [1.807, 2.05) is 6.07 Å². The van der Waals surface area contributed by atoms with Crippen LogP contribution in [0.25, 0.3) is 5.52 Å². The van der Waals surface area contributed by atoms with Crippen molar-refractivity contribution in [2.75, 3.05) is 25.5 Å². The largest absolute Gasteiger partial charge is 0.465 e. The molecule has 0 bridgehead atoms. The van der Waals surface area contributed by atoms with Gasteiger partial charge in [-0.1, -0.05) is 18.2 Å². The topological polar surface area (TPSA) is 204 Å². The number of aliphatic hydroxyl groups excluding tert-OH is 2. The van der Waals surface area contributed by atoms with Crippen LogP contribution in [-0.2, 0) is 29.0 Å². The van der Waals surface area contributed by atoms with E-state index in [0.29, 0.717) is 5.52 Å². The SMILES string of the molecule is CCOC(=O)CNP(=O)(OC[C@H]1O[C@@](C#N)(c2ccc3c(N)ncnn23)[C@H](O)[C@@H]1O)Oc1ccccc1. The van der Waals surface area contributed by atoms with Crippen LogP contribution in [0.2, 0.25) is 0 Å². The number of rotatable bonds is 10. The van der Waals surface area contributed by atoms with Crippen molar-refractivity contribution in [2.24, 2.45) is 0 Å². The van der Waals surface area contributed by atoms with Gasteiger partial charge in [0.05, 0.1) is 18.9 Å². The molecule has 2 aromatic heterocycles. The summed E-state index contributed by atoms with van der Waals surface area (Å²) in [7, 11) is -4.22. The zero-order valence-electron chi connectivity index (χ0n) is 19.6. The summed E-state index contributed by atoms with van der Waals surface area (Å²) in [6, 6.07) is 13.0. The van der Waals surface area contributed by atoms with Crippen LogP contribution in [0, 0.1) is 11.3 Å². The molecule has 1 aliphatic heterocycles. The van der Waals surface area contributed by atoms with Crippen LogP contribution in [0.5, 0.6) is 5.75 Å². The number of ether oxygens (including phenoxy) is 2. The lowest BCUT2D eigenvalue weighted by atomic mass is 9.92. The molecule has 0 aliphatic carbocycles. The van der Waals surface area contributed by atoms with E-state index in [9.17, 15) is 24.8 Å². The molecule has 0 amide bonds. The van der Waals surface area contributed by atoms with E-state index in [-0.39, 0.29) is 23.9 Å². The first kappa shape index (κ1) is 26.5. The first-order valence-corrected chi connectivity index (χ1v) is 12.7. The minimum Gasteiger partial charge on any atom is -0.465 e. The molecule has 1 fully saturated rings. The lowest BCUT2D eigenvalue weighted by Gasteiger charge is -2.24. The van der Waals surface area contributed by atoms with Gasteiger partial charge in [-0.25, -0.2) is 19.2 Å². The number of para-hydroxylation sites is 1. The highest BCUT2D eigenvalue weighted by molar-refractivity contribution is 7.52. The third kappa shape index (κ3) is 5.28. The highest BCUT2D eigenvalue weighted by atomic mass is 31.2. The number of hydrogen-bond acceptors (Lipinski definition) is 12. The second-order valence-electron chi connectivity index (χ2n) is 7.94. The Kier molecular flexibility index (Phi) is 7.74. The number of nitrogens with one attached hydrogen (secondary N) is 1. The number of aromatic nitrogens is 3. The fraction of sp³-hybridized carbons (Fsp3) is 0.364. The van der Waals surface area contributed by atoms with Gasteiger partial charge in [-0.3, -0.25) is 9.32 Å². The van der Waals surface area contributed by atoms with Crippen LogP contribution in [-0.4, -0.2) is 68.9 Å². The van der Waals surface area contributed by atoms with Gasteiger partial charge in [0.15, 0.2) is 5.82 Å². The lowest BCUT2D eigenvalue weighted by molar-refractivity contribution is -0.141. The van der Waals surface area contributed by atoms with Crippen molar-refractivity contribution in [3.8, 4) is 11.8 Å². The molecular weight excluding hydrogens is 507 g/mol. The molecular formula is C22H25N6O8P. The number of aliphatic hydroxyl groups is 2. The van der Waals surface area contributed by atoms with E-state index >= 15 is 0 Å². The Morgan fingerprint density at radius 1 is 1.32 bits per heavy atom. The molecule has 196 valence electrons. The van der Waals surface area contributed by atoms with Crippen LogP contribution in [0.4, 0.5) is 5.82 Å². The van der Waals surface area contributed by atoms with Gasteiger partial charge in [0.1, 0.15) is 48.5 Å². The number of carbonyl (C=O) groups is 1. The van der Waals surface area contributed by atoms with E-state index in [2.05, 4.69) is 15.2 Å². The average Bonchev–Trinajstić information content (AvgIpc) is 3.43. The van der Waals surface area contributed by atoms with Crippen molar-refractivity contribution in [1.29, 1.82) is 5.26 Å². The molecule has 1 aliphatic rings. The Labute approximate surface area is 211 Å². The van der Waals surface area contributed by atoms with Crippen LogP contribution < -0.4 is 15.3 Å². The van der Waals surface area contributed by atoms with E-state index in [0.717, 1.165) is 0 Å². The Hall–Kier alpha value is -3.57. The number of carbonyl (C=O) groups excluding carboxylic acids is 1. The summed E-state index contributed by atoms with van der Waals surface area (Å²) in [6.07, 6.45) is -3.51. The number of nitrogens with two attached hydrogens (primary N) is 1. The van der Waals surface area contributed by atoms with Crippen molar-refractivity contribution in [3.63, 3.8) is 0 Å². The Bertz CT molecular complexity index is 1350. The van der Waals surface area contributed by atoms with Gasteiger partial charge in [0.25, 0.3) is 0 Å². The Balaban J connectivity index is 1.56. The highest BCUT2D eigenvalue weighted by Gasteiger charge is 2.58. The summed E-state index contributed by atoms with van der Waals surface area (Å²) < 4.78 is 36.3. The lowest BCUT2D eigenvalue weighted by Crippen LogP contribution is -2.41. The average molecular weight is 532 g/mol. The molecule has 0 spiro atoms. The van der Waals surface area contributed by atoms with Gasteiger partial charge in [0, 0.05) is 0 Å². The summed E-state index contributed by atoms with van der Waals surface area (Å²) in [5.41, 5.74) is 4.25. The van der Waals surface area contributed by atoms with Crippen molar-refractivity contribution in [3.05, 3.63) is 54.5 Å². The first-order chi connectivity index (χ1) is 17.7. The standard InChI is InChI=1S/C22H25N6O8P/c1-2-33-18(29)10-27-37(32,36-14-6-4-3-5-7-14)34-11-16-19(30)20(31)22(12-23,35-16)17-9-8-15-21(24)25-13-26-28(15)17/h3-9,13,16,19-20,30-31H,2,10-11H2,1H3,(H,27,32)(H2,24,25,26)/t16-,19-,20-,22+,37?/m1/s1. The monoisotopic (exact) mass is 532 g/mol. The Morgan fingerprint density at radius 2 is 2.08 bits per heavy atom. The van der Waals surface area contributed by atoms with Gasteiger partial charge in [-0.15, -0.1) is 0 Å². The summed E-state index contributed by atoms with van der Waals surface area (Å²) in [4.78, 5) is 15.7. The number of fused-ring (bicyclic) bond motifs is 1. The number of esters is 1. The summed E-state index contributed by atoms with van der Waals surface area (Å²) >= 11 is 0. The van der Waals surface area contributed by atoms with Gasteiger partial charge in [-0.2, -0.15) is 10.4 Å². The predicted molar refractivity (Wildman–Crippen MR) is 127 cm³/mol. The summed E-state index contributed by atoms with van der Waals surface area (Å²) in [6.45, 7) is 0.664. The van der Waals surface area contributed by atoms with Crippen LogP contribution in [0.15, 0.2) is 48.8 Å². The third-order valence-electron chi connectivity index (χ3n) is 5.59. The van der Waals surface area contributed by atoms with Crippen molar-refractivity contribution in [2.45, 2.75) is 30.8 Å². The predicted octanol–water partition coefficient (Wildman–Crippen LogP) is 0.507. The molecule has 1 aromatic carbocycles. The van der Waals surface area contributed by atoms with Gasteiger partial charge < -0.3 is 29.9 Å². The molecule has 0 saturated carbocycles. The molecule has 1 saturated heterocycles. The smallest absolute Gasteiger partial charge is 0.459 e. The van der Waals surface area contributed by atoms with E-state index in [1.54, 1.807) is 25.1 Å². The maximum atomic E-state index is 13.4. The molecule has 1 unspecified atom stereocenters. The van der Waals surface area contributed by atoms with Gasteiger partial charge in [0.2, 0.25) is 5.60 Å². The molecule has 5 N–H and O–H groups in total. The number of nitrogens with zero attached hydrogens (tertiary/aromatic N) is 4. The van der Waals surface area contributed by atoms with E-state index < -0.39 is 50.8 Å². The van der Waals surface area contributed by atoms with E-state index in [4.69, 9.17) is 24.3 Å². The van der Waals surface area contributed by atoms with Gasteiger partial charge >= 0.3 is 13.7 Å². The number of nitrogen functional groups attached to an aromatic ring is 1. The normalized spacial score (nSPS) is 24.9. The molecule has 4 rings (SSSR count). The molecule has 3 aromatic rings. The Morgan fingerprint density at radius 3 is 2.78 bits per heavy atom. The second kappa shape index (κ2) is 10.8. The number of hydrogen-bond donors (Lipinski definition) is 4. The quantitative estimate of drug-likeness (QED) is 0.208. The van der Waals surface area contributed by atoms with E-state index in [1.165, 1.54) is 35.1 Å². The molecule has 14 nitrogen and oxygen atoms in total. The van der Waals surface area contributed by atoms with Crippen LogP contribution >= 0.6 is 7.75 Å². The molecule has 37 heavy (non-hydrogen) atoms. The highest BCUT2D eigenvalue weighted by Crippen LogP contribution is 2.46. The zero-order chi connectivity index (χ0) is 26.6. The second-order valence-corrected chi connectivity index (χ2v) is 9.69.